The highest BCUT2D eigenvalue weighted by Crippen LogP contribution is 2.21. The van der Waals surface area contributed by atoms with Crippen molar-refractivity contribution in [3.05, 3.63) is 29.6 Å². The predicted molar refractivity (Wildman–Crippen MR) is 106 cm³/mol. The minimum Gasteiger partial charge on any atom is -0.508 e. The Morgan fingerprint density at radius 3 is 1.86 bits per heavy atom. The summed E-state index contributed by atoms with van der Waals surface area (Å²) in [4.78, 5) is 22.5. The van der Waals surface area contributed by atoms with Crippen LogP contribution in [0.5, 0.6) is 5.75 Å². The van der Waals surface area contributed by atoms with Gasteiger partial charge in [0, 0.05) is 51.4 Å². The smallest absolute Gasteiger partial charge is 0.490 e. The highest BCUT2D eigenvalue weighted by molar-refractivity contribution is 5.73. The molecule has 1 unspecified atom stereocenters. The average Bonchev–Trinajstić information content (AvgIpc) is 3.25. The van der Waals surface area contributed by atoms with E-state index in [9.17, 15) is 35.8 Å². The second-order valence-electron chi connectivity index (χ2n) is 7.59. The minimum absolute atomic E-state index is 0.179. The molecular weight excluding hydrogens is 497 g/mol. The molecule has 0 saturated carbocycles. The van der Waals surface area contributed by atoms with Crippen molar-refractivity contribution in [2.75, 3.05) is 39.3 Å². The number of carbonyl (C=O) groups is 2. The van der Waals surface area contributed by atoms with E-state index < -0.39 is 24.3 Å². The first kappa shape index (κ1) is 30.4. The van der Waals surface area contributed by atoms with Gasteiger partial charge >= 0.3 is 24.3 Å². The van der Waals surface area contributed by atoms with Gasteiger partial charge in [-0.2, -0.15) is 26.3 Å². The van der Waals surface area contributed by atoms with Crippen LogP contribution in [0.2, 0.25) is 0 Å². The fourth-order valence-electron chi connectivity index (χ4n) is 3.13. The molecule has 3 N–H and O–H groups in total. The Hall–Kier alpha value is -2.65. The van der Waals surface area contributed by atoms with Gasteiger partial charge in [0.1, 0.15) is 11.6 Å². The number of halogens is 7. The largest absolute Gasteiger partial charge is 0.508 e. The van der Waals surface area contributed by atoms with E-state index in [4.69, 9.17) is 24.5 Å². The Labute approximate surface area is 195 Å². The summed E-state index contributed by atoms with van der Waals surface area (Å²) in [6, 6.07) is 4.14. The monoisotopic (exact) mass is 522 g/mol. The van der Waals surface area contributed by atoms with E-state index in [1.54, 1.807) is 0 Å². The zero-order chi connectivity index (χ0) is 26.8. The molecule has 8 nitrogen and oxygen atoms in total. The van der Waals surface area contributed by atoms with Gasteiger partial charge in [0.15, 0.2) is 0 Å². The Balaban J connectivity index is 0.000000362. The summed E-state index contributed by atoms with van der Waals surface area (Å²) in [7, 11) is 0. The normalized spacial score (nSPS) is 19.2. The van der Waals surface area contributed by atoms with Crippen LogP contribution >= 0.6 is 0 Å². The maximum absolute atomic E-state index is 13.2. The second kappa shape index (κ2) is 13.4. The number of ether oxygens (including phenoxy) is 1. The van der Waals surface area contributed by atoms with E-state index in [-0.39, 0.29) is 11.6 Å². The third-order valence-corrected chi connectivity index (χ3v) is 4.87. The fraction of sp³-hybridized carbons (Fsp3) is 0.600. The van der Waals surface area contributed by atoms with E-state index in [2.05, 4.69) is 9.80 Å². The van der Waals surface area contributed by atoms with E-state index in [0.717, 1.165) is 39.3 Å². The van der Waals surface area contributed by atoms with Crippen LogP contribution in [0.1, 0.15) is 18.4 Å². The second-order valence-corrected chi connectivity index (χ2v) is 7.59. The zero-order valence-electron chi connectivity index (χ0n) is 18.3. The van der Waals surface area contributed by atoms with Gasteiger partial charge in [-0.05, 0) is 31.0 Å². The van der Waals surface area contributed by atoms with Crippen LogP contribution in [0, 0.1) is 5.82 Å². The van der Waals surface area contributed by atoms with Crippen molar-refractivity contribution in [3.63, 3.8) is 0 Å². The molecule has 200 valence electrons. The molecule has 35 heavy (non-hydrogen) atoms. The van der Waals surface area contributed by atoms with E-state index >= 15 is 0 Å². The van der Waals surface area contributed by atoms with E-state index in [1.165, 1.54) is 31.0 Å². The van der Waals surface area contributed by atoms with Gasteiger partial charge in [-0.25, -0.2) is 14.0 Å². The van der Waals surface area contributed by atoms with Gasteiger partial charge in [-0.15, -0.1) is 0 Å². The van der Waals surface area contributed by atoms with Crippen LogP contribution < -0.4 is 0 Å². The molecule has 0 aromatic heterocycles. The molecular formula is C20H25F7N2O6. The SMILES string of the molecule is O=C(O)C(F)(F)F.O=C(O)C(F)(F)F.Oc1ccc(F)cc1CN1CCN(CC2CCCO2)CC1. The molecule has 1 aromatic rings. The maximum atomic E-state index is 13.2. The number of aromatic hydroxyl groups is 1. The Bertz CT molecular complexity index is 797. The van der Waals surface area contributed by atoms with Crippen LogP contribution in [0.25, 0.3) is 0 Å². The van der Waals surface area contributed by atoms with Crippen molar-refractivity contribution < 1.29 is 60.4 Å². The number of carboxylic acids is 2. The number of benzene rings is 1. The Morgan fingerprint density at radius 2 is 1.43 bits per heavy atom. The highest BCUT2D eigenvalue weighted by Gasteiger charge is 2.38. The first-order valence-electron chi connectivity index (χ1n) is 10.2. The summed E-state index contributed by atoms with van der Waals surface area (Å²) in [6.45, 7) is 6.46. The summed E-state index contributed by atoms with van der Waals surface area (Å²) < 4.78 is 82.4. The molecule has 0 amide bonds. The van der Waals surface area contributed by atoms with Crippen LogP contribution in [0.4, 0.5) is 30.7 Å². The number of carboxylic acid groups (broad SMARTS) is 2. The van der Waals surface area contributed by atoms with Gasteiger partial charge in [0.25, 0.3) is 0 Å². The van der Waals surface area contributed by atoms with Crippen LogP contribution in [0.15, 0.2) is 18.2 Å². The maximum Gasteiger partial charge on any atom is 0.490 e. The summed E-state index contributed by atoms with van der Waals surface area (Å²) >= 11 is 0. The first-order valence-corrected chi connectivity index (χ1v) is 10.2. The molecule has 2 heterocycles. The lowest BCUT2D eigenvalue weighted by atomic mass is 10.1. The van der Waals surface area contributed by atoms with Crippen molar-refractivity contribution in [2.24, 2.45) is 0 Å². The third-order valence-electron chi connectivity index (χ3n) is 4.87. The number of rotatable bonds is 4. The summed E-state index contributed by atoms with van der Waals surface area (Å²) in [5, 5.41) is 24.0. The molecule has 0 bridgehead atoms. The Kier molecular flexibility index (Phi) is 11.7. The molecule has 0 spiro atoms. The van der Waals surface area contributed by atoms with Gasteiger partial charge < -0.3 is 20.1 Å². The van der Waals surface area contributed by atoms with Crippen molar-refractivity contribution in [2.45, 2.75) is 37.8 Å². The van der Waals surface area contributed by atoms with Crippen molar-refractivity contribution >= 4 is 11.9 Å². The number of hydrogen-bond donors (Lipinski definition) is 3. The number of nitrogens with zero attached hydrogens (tertiary/aromatic N) is 2. The third kappa shape index (κ3) is 12.0. The molecule has 1 aromatic carbocycles. The van der Waals surface area contributed by atoms with Crippen LogP contribution in [0.3, 0.4) is 0 Å². The number of alkyl halides is 6. The lowest BCUT2D eigenvalue weighted by molar-refractivity contribution is -0.193. The van der Waals surface area contributed by atoms with Gasteiger partial charge in [0.2, 0.25) is 0 Å². The Morgan fingerprint density at radius 1 is 0.943 bits per heavy atom. The summed E-state index contributed by atoms with van der Waals surface area (Å²) in [6.07, 6.45) is -7.40. The highest BCUT2D eigenvalue weighted by atomic mass is 19.4. The predicted octanol–water partition coefficient (Wildman–Crippen LogP) is 3.09. The molecule has 2 fully saturated rings. The van der Waals surface area contributed by atoms with Crippen molar-refractivity contribution in [3.8, 4) is 5.75 Å². The van der Waals surface area contributed by atoms with Crippen LogP contribution in [-0.2, 0) is 20.9 Å². The van der Waals surface area contributed by atoms with Gasteiger partial charge in [-0.3, -0.25) is 9.80 Å². The van der Waals surface area contributed by atoms with Crippen molar-refractivity contribution in [1.29, 1.82) is 0 Å². The summed E-state index contributed by atoms with van der Waals surface area (Å²) in [5.74, 6) is -5.63. The lowest BCUT2D eigenvalue weighted by Gasteiger charge is -2.35. The molecule has 3 rings (SSSR count). The number of piperazine rings is 1. The quantitative estimate of drug-likeness (QED) is 0.518. The summed E-state index contributed by atoms with van der Waals surface area (Å²) in [5.41, 5.74) is 0.669. The van der Waals surface area contributed by atoms with Gasteiger partial charge in [0.05, 0.1) is 6.10 Å². The topological polar surface area (TPSA) is 111 Å². The molecule has 1 atom stereocenters. The molecule has 15 heteroatoms. The molecule has 0 aliphatic carbocycles. The van der Waals surface area contributed by atoms with Gasteiger partial charge in [-0.1, -0.05) is 0 Å². The number of phenols is 1. The zero-order valence-corrected chi connectivity index (χ0v) is 18.3. The fourth-order valence-corrected chi connectivity index (χ4v) is 3.13. The van der Waals surface area contributed by atoms with E-state index in [0.29, 0.717) is 18.2 Å². The lowest BCUT2D eigenvalue weighted by Crippen LogP contribution is -2.48. The number of phenolic OH excluding ortho intramolecular Hbond substituents is 1. The van der Waals surface area contributed by atoms with Crippen LogP contribution in [-0.4, -0.2) is 94.8 Å². The molecule has 0 radical (unpaired) electrons. The standard InChI is InChI=1S/C16H23FN2O2.2C2HF3O2/c17-14-3-4-16(20)13(10-14)11-18-5-7-19(8-6-18)12-15-2-1-9-21-15;2*3-2(4,5)1(6)7/h3-4,10,15,20H,1-2,5-9,11-12H2;2*(H,6,7). The van der Waals surface area contributed by atoms with Crippen molar-refractivity contribution in [1.82, 2.24) is 9.80 Å². The molecule has 2 aliphatic heterocycles. The number of hydrogen-bond acceptors (Lipinski definition) is 6. The first-order chi connectivity index (χ1) is 16.1. The minimum atomic E-state index is -5.08. The molecule has 2 aliphatic rings. The van der Waals surface area contributed by atoms with E-state index in [1.807, 2.05) is 0 Å². The number of aliphatic carboxylic acids is 2. The average molecular weight is 522 g/mol. The molecule has 2 saturated heterocycles.